The summed E-state index contributed by atoms with van der Waals surface area (Å²) in [6, 6.07) is 17.3. The van der Waals surface area contributed by atoms with Crippen LogP contribution < -0.4 is 21.1 Å². The number of halogens is 1. The number of nitrogens with zero attached hydrogens (tertiary/aromatic N) is 4. The second kappa shape index (κ2) is 16.4. The zero-order valence-electron chi connectivity index (χ0n) is 31.6. The molecule has 4 atom stereocenters. The average Bonchev–Trinajstić information content (AvgIpc) is 3.79. The van der Waals surface area contributed by atoms with Crippen molar-refractivity contribution in [2.45, 2.75) is 65.3 Å². The monoisotopic (exact) mass is 781 g/mol. The van der Waals surface area contributed by atoms with E-state index >= 15 is 0 Å². The number of phenols is 1. The lowest BCUT2D eigenvalue weighted by Gasteiger charge is -2.35. The number of carbonyl (C=O) groups excluding carboxylic acids is 3. The van der Waals surface area contributed by atoms with Crippen LogP contribution in [-0.2, 0) is 14.4 Å². The summed E-state index contributed by atoms with van der Waals surface area (Å²) in [5.74, 6) is -1.69. The Morgan fingerprint density at radius 2 is 1.70 bits per heavy atom. The maximum atomic E-state index is 14.1. The molecule has 6 N–H and O–H groups in total. The van der Waals surface area contributed by atoms with E-state index in [-0.39, 0.29) is 41.8 Å². The molecule has 1 unspecified atom stereocenters. The third-order valence-corrected chi connectivity index (χ3v) is 10.6. The van der Waals surface area contributed by atoms with E-state index in [0.717, 1.165) is 33.8 Å². The minimum Gasteiger partial charge on any atom is -0.507 e. The van der Waals surface area contributed by atoms with Crippen LogP contribution in [0.2, 0.25) is 0 Å². The highest BCUT2D eigenvalue weighted by molar-refractivity contribution is 7.13. The molecule has 3 aromatic carbocycles. The molecule has 56 heavy (non-hydrogen) atoms. The number of nitrogen functional groups attached to an aromatic ring is 1. The van der Waals surface area contributed by atoms with Crippen LogP contribution in [0.1, 0.15) is 51.4 Å². The fourth-order valence-electron chi connectivity index (χ4n) is 6.58. The third kappa shape index (κ3) is 8.95. The van der Waals surface area contributed by atoms with Gasteiger partial charge >= 0.3 is 0 Å². The molecule has 0 spiro atoms. The Kier molecular flexibility index (Phi) is 11.7. The number of aliphatic hydroxyl groups is 1. The van der Waals surface area contributed by atoms with Crippen molar-refractivity contribution in [3.05, 3.63) is 95.4 Å². The molecule has 0 saturated carbocycles. The van der Waals surface area contributed by atoms with Crippen molar-refractivity contribution < 1.29 is 33.7 Å². The molecule has 13 nitrogen and oxygen atoms in total. The Hall–Kier alpha value is -5.93. The maximum Gasteiger partial charge on any atom is 0.258 e. The average molecular weight is 782 g/mol. The Balaban J connectivity index is 1.08. The number of phenolic OH excluding ortho intramolecular Hbond substituents is 1. The van der Waals surface area contributed by atoms with Crippen molar-refractivity contribution in [1.82, 2.24) is 30.7 Å². The lowest BCUT2D eigenvalue weighted by Crippen LogP contribution is -2.58. The van der Waals surface area contributed by atoms with E-state index in [1.54, 1.807) is 68.0 Å². The van der Waals surface area contributed by atoms with Gasteiger partial charge in [-0.1, -0.05) is 57.2 Å². The summed E-state index contributed by atoms with van der Waals surface area (Å²) in [6.07, 6.45) is -0.846. The largest absolute Gasteiger partial charge is 0.507 e. The van der Waals surface area contributed by atoms with Gasteiger partial charge in [0.25, 0.3) is 5.91 Å². The number of anilines is 1. The van der Waals surface area contributed by atoms with Crippen molar-refractivity contribution in [2.75, 3.05) is 18.9 Å². The number of benzene rings is 3. The van der Waals surface area contributed by atoms with E-state index in [2.05, 4.69) is 25.8 Å². The van der Waals surface area contributed by atoms with Gasteiger partial charge in [-0.05, 0) is 72.4 Å². The smallest absolute Gasteiger partial charge is 0.258 e. The molecular weight excluding hydrogens is 738 g/mol. The molecule has 15 heteroatoms. The van der Waals surface area contributed by atoms with Gasteiger partial charge in [0, 0.05) is 24.1 Å². The van der Waals surface area contributed by atoms with Crippen LogP contribution in [0.3, 0.4) is 0 Å². The van der Waals surface area contributed by atoms with E-state index in [9.17, 15) is 29.0 Å². The van der Waals surface area contributed by atoms with E-state index < -0.39 is 53.7 Å². The lowest BCUT2D eigenvalue weighted by molar-refractivity contribution is -0.144. The third-order valence-electron chi connectivity index (χ3n) is 9.65. The molecule has 1 fully saturated rings. The normalized spacial score (nSPS) is 16.6. The SMILES string of the molecule is Cc1ncsc1-c1ccc([C@H](C)NC(=O)[C@@H]2C[C@@H](O)CN2C(=O)C(NC(=O)COc2ccc(-c3cc(-c4cc(F)ccc4O)nnc3N)cc2)C(C)(C)C)cc1. The molecule has 2 aromatic heterocycles. The number of hydrogen-bond acceptors (Lipinski definition) is 11. The summed E-state index contributed by atoms with van der Waals surface area (Å²) >= 11 is 1.56. The number of ether oxygens (including phenoxy) is 1. The summed E-state index contributed by atoms with van der Waals surface area (Å²) in [5.41, 5.74) is 11.5. The number of aryl methyl sites for hydroxylation is 1. The zero-order chi connectivity index (χ0) is 40.3. The number of nitrogens with two attached hydrogens (primary N) is 1. The summed E-state index contributed by atoms with van der Waals surface area (Å²) in [6.45, 7) is 8.76. The van der Waals surface area contributed by atoms with Gasteiger partial charge in [0.2, 0.25) is 11.8 Å². The van der Waals surface area contributed by atoms with Crippen LogP contribution in [0.5, 0.6) is 11.5 Å². The molecule has 1 aliphatic heterocycles. The van der Waals surface area contributed by atoms with Gasteiger partial charge in [-0.25, -0.2) is 9.37 Å². The number of nitrogens with one attached hydrogen (secondary N) is 2. The first-order valence-electron chi connectivity index (χ1n) is 18.0. The van der Waals surface area contributed by atoms with Gasteiger partial charge in [-0.15, -0.1) is 21.5 Å². The van der Waals surface area contributed by atoms with Crippen LogP contribution in [-0.4, -0.2) is 79.4 Å². The molecule has 5 aromatic rings. The van der Waals surface area contributed by atoms with Crippen LogP contribution in [0.15, 0.2) is 78.3 Å². The number of aromatic nitrogens is 3. The number of aliphatic hydroxyl groups excluding tert-OH is 1. The minimum absolute atomic E-state index is 0.0537. The van der Waals surface area contributed by atoms with Crippen molar-refractivity contribution in [3.63, 3.8) is 0 Å². The molecule has 0 bridgehead atoms. The summed E-state index contributed by atoms with van der Waals surface area (Å²) in [4.78, 5) is 47.7. The number of aromatic hydroxyl groups is 1. The number of amides is 3. The van der Waals surface area contributed by atoms with Gasteiger partial charge in [-0.3, -0.25) is 14.4 Å². The second-order valence-electron chi connectivity index (χ2n) is 14.9. The van der Waals surface area contributed by atoms with Crippen molar-refractivity contribution in [2.24, 2.45) is 5.41 Å². The number of rotatable bonds is 11. The molecule has 1 aliphatic rings. The molecule has 3 heterocycles. The van der Waals surface area contributed by atoms with E-state index in [1.807, 2.05) is 38.1 Å². The summed E-state index contributed by atoms with van der Waals surface area (Å²) in [5, 5.41) is 34.6. The van der Waals surface area contributed by atoms with E-state index in [4.69, 9.17) is 10.5 Å². The quantitative estimate of drug-likeness (QED) is 0.116. The Morgan fingerprint density at radius 3 is 2.36 bits per heavy atom. The minimum atomic E-state index is -1.03. The first-order valence-corrected chi connectivity index (χ1v) is 18.9. The van der Waals surface area contributed by atoms with Gasteiger partial charge < -0.3 is 36.2 Å². The number of hydrogen-bond donors (Lipinski definition) is 5. The van der Waals surface area contributed by atoms with Crippen molar-refractivity contribution >= 4 is 34.9 Å². The molecule has 0 radical (unpaired) electrons. The molecule has 0 aliphatic carbocycles. The molecule has 3 amide bonds. The highest BCUT2D eigenvalue weighted by Crippen LogP contribution is 2.34. The van der Waals surface area contributed by atoms with Crippen molar-refractivity contribution in [1.29, 1.82) is 0 Å². The second-order valence-corrected chi connectivity index (χ2v) is 15.7. The Morgan fingerprint density at radius 1 is 1.00 bits per heavy atom. The Bertz CT molecular complexity index is 2230. The summed E-state index contributed by atoms with van der Waals surface area (Å²) < 4.78 is 19.6. The highest BCUT2D eigenvalue weighted by Gasteiger charge is 2.44. The molecule has 1 saturated heterocycles. The zero-order valence-corrected chi connectivity index (χ0v) is 32.4. The van der Waals surface area contributed by atoms with Crippen LogP contribution in [0, 0.1) is 18.2 Å². The number of β-amino-alcohol motifs (C(OH)–C–C–N with tert-alkyl or cyclic N) is 1. The maximum absolute atomic E-state index is 14.1. The van der Waals surface area contributed by atoms with E-state index in [0.29, 0.717) is 16.9 Å². The predicted octanol–water partition coefficient (Wildman–Crippen LogP) is 5.42. The van der Waals surface area contributed by atoms with Crippen LogP contribution in [0.25, 0.3) is 32.8 Å². The van der Waals surface area contributed by atoms with Gasteiger partial charge in [0.15, 0.2) is 12.4 Å². The Labute approximate surface area is 327 Å². The van der Waals surface area contributed by atoms with Crippen LogP contribution in [0.4, 0.5) is 10.2 Å². The van der Waals surface area contributed by atoms with E-state index in [1.165, 1.54) is 11.0 Å². The van der Waals surface area contributed by atoms with Crippen LogP contribution >= 0.6 is 11.3 Å². The van der Waals surface area contributed by atoms with Gasteiger partial charge in [0.1, 0.15) is 29.4 Å². The van der Waals surface area contributed by atoms with Gasteiger partial charge in [0.05, 0.1) is 33.9 Å². The first-order chi connectivity index (χ1) is 26.6. The highest BCUT2D eigenvalue weighted by atomic mass is 32.1. The number of thiazole rings is 1. The number of likely N-dealkylation sites (tertiary alicyclic amines) is 1. The topological polar surface area (TPSA) is 193 Å². The number of carbonyl (C=O) groups is 3. The first kappa shape index (κ1) is 39.8. The van der Waals surface area contributed by atoms with Crippen molar-refractivity contribution in [3.8, 4) is 44.3 Å². The standard InChI is InChI=1S/C41H44FN7O6S/c1-22(24-6-8-26(9-7-24)36-23(2)44-21-56-36)45-39(53)33-17-28(50)19-49(33)40(54)37(41(3,4)5)46-35(52)20-55-29-13-10-25(11-14-29)30-18-32(47-48-38(30)43)31-16-27(42)12-15-34(31)51/h6-16,18,21-22,28,33,37,50-51H,17,19-20H2,1-5H3,(H2,43,48)(H,45,53)(H,46,52)/t22-,28+,33-,37?/m0/s1. The fraction of sp³-hybridized carbons (Fsp3) is 0.317. The molecule has 6 rings (SSSR count). The van der Waals surface area contributed by atoms with Gasteiger partial charge in [-0.2, -0.15) is 0 Å². The summed E-state index contributed by atoms with van der Waals surface area (Å²) in [7, 11) is 0. The fourth-order valence-corrected chi connectivity index (χ4v) is 7.39. The molecule has 292 valence electrons. The molecular formula is C41H44FN7O6S. The predicted molar refractivity (Wildman–Crippen MR) is 211 cm³/mol. The lowest BCUT2D eigenvalue weighted by atomic mass is 9.85.